The zero-order chi connectivity index (χ0) is 18.5. The van der Waals surface area contributed by atoms with Gasteiger partial charge >= 0.3 is 0 Å². The molecular weight excluding hydrogens is 336 g/mol. The van der Waals surface area contributed by atoms with E-state index in [-0.39, 0.29) is 5.91 Å². The first-order chi connectivity index (χ1) is 13.3. The maximum atomic E-state index is 12.4. The number of benzene rings is 2. The van der Waals surface area contributed by atoms with Gasteiger partial charge in [-0.05, 0) is 61.7 Å². The summed E-state index contributed by atoms with van der Waals surface area (Å²) in [6.07, 6.45) is 4.84. The van der Waals surface area contributed by atoms with Gasteiger partial charge in [-0.1, -0.05) is 36.8 Å². The van der Waals surface area contributed by atoms with E-state index < -0.39 is 0 Å². The highest BCUT2D eigenvalue weighted by Gasteiger charge is 2.25. The third-order valence-corrected chi connectivity index (χ3v) is 5.49. The number of ether oxygens (including phenoxy) is 1. The average molecular weight is 364 g/mol. The molecule has 0 bridgehead atoms. The minimum atomic E-state index is 0.147. The number of carbonyl (C=O) groups is 1. The summed E-state index contributed by atoms with van der Waals surface area (Å²) in [5, 5.41) is 0. The molecule has 4 rings (SSSR count). The second-order valence-corrected chi connectivity index (χ2v) is 7.57. The van der Waals surface area contributed by atoms with Crippen LogP contribution in [0.1, 0.15) is 47.2 Å². The highest BCUT2D eigenvalue weighted by Crippen LogP contribution is 2.22. The Morgan fingerprint density at radius 1 is 0.963 bits per heavy atom. The van der Waals surface area contributed by atoms with Crippen molar-refractivity contribution in [3.8, 4) is 5.75 Å². The summed E-state index contributed by atoms with van der Waals surface area (Å²) in [4.78, 5) is 16.8. The van der Waals surface area contributed by atoms with E-state index in [2.05, 4.69) is 23.1 Å². The van der Waals surface area contributed by atoms with Crippen LogP contribution in [-0.4, -0.2) is 41.9 Å². The first kappa shape index (κ1) is 18.1. The fourth-order valence-electron chi connectivity index (χ4n) is 4.05. The molecule has 2 aromatic rings. The van der Waals surface area contributed by atoms with E-state index in [0.717, 1.165) is 42.9 Å². The number of nitrogens with zero attached hydrogens (tertiary/aromatic N) is 2. The summed E-state index contributed by atoms with van der Waals surface area (Å²) in [5.74, 6) is 1.08. The Bertz CT molecular complexity index is 783. The lowest BCUT2D eigenvalue weighted by Gasteiger charge is -2.26. The van der Waals surface area contributed by atoms with Crippen molar-refractivity contribution in [1.29, 1.82) is 0 Å². The molecule has 2 aliphatic rings. The Labute approximate surface area is 161 Å². The molecule has 0 aliphatic carbocycles. The summed E-state index contributed by atoms with van der Waals surface area (Å²) in [6.45, 7) is 5.51. The summed E-state index contributed by atoms with van der Waals surface area (Å²) < 4.78 is 5.95. The quantitative estimate of drug-likeness (QED) is 0.694. The van der Waals surface area contributed by atoms with Crippen molar-refractivity contribution in [2.75, 3.05) is 26.2 Å². The first-order valence-electron chi connectivity index (χ1n) is 10.1. The molecule has 2 heterocycles. The van der Waals surface area contributed by atoms with Crippen LogP contribution in [0.5, 0.6) is 5.75 Å². The van der Waals surface area contributed by atoms with Crippen molar-refractivity contribution in [2.24, 2.45) is 0 Å². The van der Waals surface area contributed by atoms with Crippen LogP contribution in [0.3, 0.4) is 0 Å². The largest absolute Gasteiger partial charge is 0.494 e. The predicted octanol–water partition coefficient (Wildman–Crippen LogP) is 4.10. The molecule has 4 heteroatoms. The molecule has 2 aromatic carbocycles. The third kappa shape index (κ3) is 4.51. The molecule has 0 saturated carbocycles. The molecule has 142 valence electrons. The fourth-order valence-corrected chi connectivity index (χ4v) is 4.05. The van der Waals surface area contributed by atoms with Crippen LogP contribution in [-0.2, 0) is 13.1 Å². The van der Waals surface area contributed by atoms with E-state index in [1.165, 1.54) is 37.9 Å². The van der Waals surface area contributed by atoms with Crippen LogP contribution in [0.2, 0.25) is 0 Å². The summed E-state index contributed by atoms with van der Waals surface area (Å²) in [7, 11) is 0. The molecule has 0 atom stereocenters. The van der Waals surface area contributed by atoms with E-state index in [4.69, 9.17) is 4.74 Å². The number of fused-ring (bicyclic) bond motifs is 1. The van der Waals surface area contributed by atoms with E-state index in [1.54, 1.807) is 0 Å². The Morgan fingerprint density at radius 3 is 2.67 bits per heavy atom. The summed E-state index contributed by atoms with van der Waals surface area (Å²) in [5.41, 5.74) is 3.30. The topological polar surface area (TPSA) is 32.8 Å². The van der Waals surface area contributed by atoms with E-state index in [9.17, 15) is 4.79 Å². The maximum absolute atomic E-state index is 12.4. The van der Waals surface area contributed by atoms with Gasteiger partial charge in [0.15, 0.2) is 0 Å². The second-order valence-electron chi connectivity index (χ2n) is 7.57. The normalized spacial score (nSPS) is 17.2. The smallest absolute Gasteiger partial charge is 0.254 e. The van der Waals surface area contributed by atoms with Gasteiger partial charge in [0.25, 0.3) is 5.91 Å². The number of piperidine rings is 1. The summed E-state index contributed by atoms with van der Waals surface area (Å²) in [6, 6.07) is 16.3. The molecule has 27 heavy (non-hydrogen) atoms. The lowest BCUT2D eigenvalue weighted by atomic mass is 10.1. The van der Waals surface area contributed by atoms with Gasteiger partial charge in [-0.25, -0.2) is 0 Å². The lowest BCUT2D eigenvalue weighted by molar-refractivity contribution is 0.0770. The van der Waals surface area contributed by atoms with Crippen LogP contribution in [0.25, 0.3) is 0 Å². The number of hydrogen-bond donors (Lipinski definition) is 0. The van der Waals surface area contributed by atoms with Gasteiger partial charge in [0, 0.05) is 25.2 Å². The molecule has 4 nitrogen and oxygen atoms in total. The zero-order valence-electron chi connectivity index (χ0n) is 15.9. The molecule has 1 fully saturated rings. The van der Waals surface area contributed by atoms with Gasteiger partial charge in [-0.3, -0.25) is 9.69 Å². The highest BCUT2D eigenvalue weighted by molar-refractivity contribution is 5.98. The Kier molecular flexibility index (Phi) is 5.73. The van der Waals surface area contributed by atoms with Crippen molar-refractivity contribution < 1.29 is 9.53 Å². The second kappa shape index (κ2) is 8.57. The number of amides is 1. The Balaban J connectivity index is 1.23. The van der Waals surface area contributed by atoms with Crippen molar-refractivity contribution >= 4 is 5.91 Å². The minimum Gasteiger partial charge on any atom is -0.494 e. The number of rotatable bonds is 7. The maximum Gasteiger partial charge on any atom is 0.254 e. The summed E-state index contributed by atoms with van der Waals surface area (Å²) >= 11 is 0. The van der Waals surface area contributed by atoms with Gasteiger partial charge in [-0.2, -0.15) is 0 Å². The lowest BCUT2D eigenvalue weighted by Crippen LogP contribution is -2.29. The molecule has 0 radical (unpaired) electrons. The van der Waals surface area contributed by atoms with E-state index in [1.807, 2.05) is 35.2 Å². The predicted molar refractivity (Wildman–Crippen MR) is 107 cm³/mol. The molecular formula is C23H28N2O2. The molecule has 0 spiro atoms. The van der Waals surface area contributed by atoms with Gasteiger partial charge in [0.05, 0.1) is 6.61 Å². The van der Waals surface area contributed by atoms with Crippen molar-refractivity contribution in [3.05, 3.63) is 65.2 Å². The van der Waals surface area contributed by atoms with E-state index >= 15 is 0 Å². The molecule has 2 aliphatic heterocycles. The standard InChI is InChI=1S/C23H28N2O2/c26-23-22-11-3-2-9-20(22)18-25(23)14-7-15-27-21-10-6-8-19(16-21)17-24-12-4-1-5-13-24/h2-3,6,8-11,16H,1,4-5,7,12-15,17-18H2. The molecule has 0 unspecified atom stereocenters. The fraction of sp³-hybridized carbons (Fsp3) is 0.435. The van der Waals surface area contributed by atoms with Gasteiger partial charge in [0.2, 0.25) is 0 Å². The third-order valence-electron chi connectivity index (χ3n) is 5.49. The van der Waals surface area contributed by atoms with Gasteiger partial charge < -0.3 is 9.64 Å². The highest BCUT2D eigenvalue weighted by atomic mass is 16.5. The zero-order valence-corrected chi connectivity index (χ0v) is 15.9. The Hall–Kier alpha value is -2.33. The van der Waals surface area contributed by atoms with Crippen LogP contribution >= 0.6 is 0 Å². The number of likely N-dealkylation sites (tertiary alicyclic amines) is 1. The molecule has 0 aromatic heterocycles. The molecule has 1 saturated heterocycles. The van der Waals surface area contributed by atoms with Gasteiger partial charge in [0.1, 0.15) is 5.75 Å². The van der Waals surface area contributed by atoms with Crippen molar-refractivity contribution in [2.45, 2.75) is 38.8 Å². The monoisotopic (exact) mass is 364 g/mol. The van der Waals surface area contributed by atoms with Crippen molar-refractivity contribution in [3.63, 3.8) is 0 Å². The number of hydrogen-bond acceptors (Lipinski definition) is 3. The number of carbonyl (C=O) groups excluding carboxylic acids is 1. The van der Waals surface area contributed by atoms with E-state index in [0.29, 0.717) is 6.61 Å². The first-order valence-corrected chi connectivity index (χ1v) is 10.1. The average Bonchev–Trinajstić information content (AvgIpc) is 3.02. The van der Waals surface area contributed by atoms with Crippen molar-refractivity contribution in [1.82, 2.24) is 9.80 Å². The van der Waals surface area contributed by atoms with Crippen LogP contribution in [0.4, 0.5) is 0 Å². The Morgan fingerprint density at radius 2 is 1.81 bits per heavy atom. The molecule has 1 amide bonds. The van der Waals surface area contributed by atoms with Gasteiger partial charge in [-0.15, -0.1) is 0 Å². The molecule has 0 N–H and O–H groups in total. The SMILES string of the molecule is O=C1c2ccccc2CN1CCCOc1cccc(CN2CCCCC2)c1. The van der Waals surface area contributed by atoms with Crippen LogP contribution in [0, 0.1) is 0 Å². The van der Waals surface area contributed by atoms with Crippen LogP contribution in [0.15, 0.2) is 48.5 Å². The van der Waals surface area contributed by atoms with Crippen LogP contribution < -0.4 is 4.74 Å². The minimum absolute atomic E-state index is 0.147.